The predicted molar refractivity (Wildman–Crippen MR) is 134 cm³/mol. The van der Waals surface area contributed by atoms with Gasteiger partial charge in [0.2, 0.25) is 10.0 Å². The lowest BCUT2D eigenvalue weighted by Gasteiger charge is -2.34. The lowest BCUT2D eigenvalue weighted by atomic mass is 9.91. The highest BCUT2D eigenvalue weighted by molar-refractivity contribution is 7.89. The summed E-state index contributed by atoms with van der Waals surface area (Å²) in [7, 11) is -3.23. The molecule has 0 radical (unpaired) electrons. The summed E-state index contributed by atoms with van der Waals surface area (Å²) in [5.41, 5.74) is 3.27. The Hall–Kier alpha value is -2.70. The van der Waals surface area contributed by atoms with Gasteiger partial charge in [-0.1, -0.05) is 25.3 Å². The molecule has 1 aliphatic carbocycles. The van der Waals surface area contributed by atoms with Crippen molar-refractivity contribution in [1.29, 1.82) is 0 Å². The quantitative estimate of drug-likeness (QED) is 0.503. The van der Waals surface area contributed by atoms with Crippen LogP contribution in [0.1, 0.15) is 62.0 Å². The fourth-order valence-electron chi connectivity index (χ4n) is 5.09. The van der Waals surface area contributed by atoms with Gasteiger partial charge >= 0.3 is 11.6 Å². The van der Waals surface area contributed by atoms with Crippen molar-refractivity contribution in [3.8, 4) is 0 Å². The normalized spacial score (nSPS) is 17.9. The Labute approximate surface area is 213 Å². The van der Waals surface area contributed by atoms with Crippen molar-refractivity contribution in [1.82, 2.24) is 14.3 Å². The number of fused-ring (bicyclic) bond motifs is 1. The number of nitrogens with zero attached hydrogens (tertiary/aromatic N) is 3. The van der Waals surface area contributed by atoms with Gasteiger partial charge < -0.3 is 9.73 Å². The number of furan rings is 1. The maximum absolute atomic E-state index is 14.3. The number of sulfonamides is 1. The number of benzene rings is 1. The molecule has 1 saturated heterocycles. The van der Waals surface area contributed by atoms with Crippen molar-refractivity contribution in [2.75, 3.05) is 18.4 Å². The van der Waals surface area contributed by atoms with E-state index < -0.39 is 21.6 Å². The van der Waals surface area contributed by atoms with E-state index in [1.54, 1.807) is 16.6 Å². The van der Waals surface area contributed by atoms with E-state index in [0.29, 0.717) is 35.7 Å². The largest absolute Gasteiger partial charge is 0.458 e. The molecule has 0 spiro atoms. The zero-order chi connectivity index (χ0) is 25.7. The molecule has 1 aromatic carbocycles. The molecule has 3 aromatic rings. The third-order valence-electron chi connectivity index (χ3n) is 6.99. The summed E-state index contributed by atoms with van der Waals surface area (Å²) in [6.07, 6.45) is 9.28. The van der Waals surface area contributed by atoms with Crippen LogP contribution >= 0.6 is 0 Å². The zero-order valence-electron chi connectivity index (χ0n) is 20.0. The molecule has 2 fully saturated rings. The number of rotatable bonds is 5. The Morgan fingerprint density at radius 1 is 1.08 bits per heavy atom. The third kappa shape index (κ3) is 5.65. The van der Waals surface area contributed by atoms with Crippen LogP contribution in [0.4, 0.5) is 15.9 Å². The summed E-state index contributed by atoms with van der Waals surface area (Å²) in [5.74, 6) is 0.203. The maximum atomic E-state index is 14.3. The minimum absolute atomic E-state index is 0.155. The number of hydrogen-bond donors (Lipinski definition) is 1. The molecule has 5 rings (SSSR count). The second kappa shape index (κ2) is 11.6. The molecule has 12 heteroatoms. The molecule has 0 atom stereocenters. The van der Waals surface area contributed by atoms with Crippen LogP contribution in [0.3, 0.4) is 0 Å². The van der Waals surface area contributed by atoms with E-state index in [4.69, 9.17) is 12.8 Å². The van der Waals surface area contributed by atoms with E-state index in [9.17, 15) is 12.8 Å². The molecule has 3 heterocycles. The smallest absolute Gasteiger partial charge is 0.335 e. The molecule has 2 aromatic heterocycles. The fourth-order valence-corrected chi connectivity index (χ4v) is 7.16. The van der Waals surface area contributed by atoms with Crippen LogP contribution in [0.5, 0.6) is 0 Å². The van der Waals surface area contributed by atoms with Gasteiger partial charge in [0.1, 0.15) is 17.7 Å². The number of aryl methyl sites for hydroxylation is 1. The summed E-state index contributed by atoms with van der Waals surface area (Å²) in [6, 6.07) is 4.96. The Balaban J connectivity index is 0.000000967. The highest BCUT2D eigenvalue weighted by Gasteiger charge is 2.36. The number of piperidine rings is 1. The highest BCUT2D eigenvalue weighted by atomic mass is 32.2. The number of nitrogens with one attached hydrogen (secondary N) is 1. The Morgan fingerprint density at radius 2 is 1.78 bits per heavy atom. The summed E-state index contributed by atoms with van der Waals surface area (Å²) in [4.78, 5) is 8.68. The molecule has 1 N–H and O–H groups in total. The monoisotopic (exact) mass is 536 g/mol. The lowest BCUT2D eigenvalue weighted by Crippen LogP contribution is -2.43. The van der Waals surface area contributed by atoms with Gasteiger partial charge in [0.25, 0.3) is 0 Å². The summed E-state index contributed by atoms with van der Waals surface area (Å²) >= 11 is -0.750. The highest BCUT2D eigenvalue weighted by Crippen LogP contribution is 2.37. The van der Waals surface area contributed by atoms with E-state index in [2.05, 4.69) is 15.3 Å². The standard InChI is InChI=1S/C24H29FN4O3S.O2S/c1-16-7-8-21(20(25)13-16)28-24-23-22(26-15-27-24)19(14-32-23)17-9-11-29(12-10-17)33(30,31)18-5-3-2-4-6-18;1-3-2/h7-8,13-15,17-18H,2-6,9-12H2,1H3,(H,26,27,28);. The molecule has 0 amide bonds. The first-order chi connectivity index (χ1) is 17.3. The maximum Gasteiger partial charge on any atom is 0.335 e. The van der Waals surface area contributed by atoms with E-state index in [-0.39, 0.29) is 17.0 Å². The van der Waals surface area contributed by atoms with Crippen molar-refractivity contribution >= 4 is 44.2 Å². The lowest BCUT2D eigenvalue weighted by molar-refractivity contribution is 0.311. The van der Waals surface area contributed by atoms with Crippen LogP contribution in [0, 0.1) is 12.7 Å². The fraction of sp³-hybridized carbons (Fsp3) is 0.500. The van der Waals surface area contributed by atoms with Gasteiger partial charge in [-0.15, -0.1) is 0 Å². The van der Waals surface area contributed by atoms with Crippen molar-refractivity contribution < 1.29 is 25.6 Å². The van der Waals surface area contributed by atoms with Gasteiger partial charge in [-0.2, -0.15) is 8.42 Å². The average Bonchev–Trinajstić information content (AvgIpc) is 3.32. The van der Waals surface area contributed by atoms with E-state index in [1.807, 2.05) is 13.0 Å². The van der Waals surface area contributed by atoms with Gasteiger partial charge in [-0.25, -0.2) is 27.1 Å². The molecular formula is C24H29FN4O5S2. The molecule has 1 saturated carbocycles. The molecule has 1 aliphatic heterocycles. The zero-order valence-corrected chi connectivity index (χ0v) is 21.6. The van der Waals surface area contributed by atoms with Crippen LogP contribution in [-0.4, -0.2) is 49.4 Å². The summed E-state index contributed by atoms with van der Waals surface area (Å²) in [5, 5.41) is 2.79. The second-order valence-corrected chi connectivity index (χ2v) is 11.6. The molecule has 9 nitrogen and oxygen atoms in total. The number of anilines is 2. The molecule has 0 bridgehead atoms. The predicted octanol–water partition coefficient (Wildman–Crippen LogP) is 4.59. The van der Waals surface area contributed by atoms with Gasteiger partial charge in [-0.3, -0.25) is 0 Å². The van der Waals surface area contributed by atoms with Crippen molar-refractivity contribution in [3.63, 3.8) is 0 Å². The number of hydrogen-bond acceptors (Lipinski definition) is 8. The molecule has 0 unspecified atom stereocenters. The van der Waals surface area contributed by atoms with E-state index >= 15 is 0 Å². The number of aromatic nitrogens is 2. The minimum Gasteiger partial charge on any atom is -0.458 e. The van der Waals surface area contributed by atoms with Crippen molar-refractivity contribution in [2.45, 2.75) is 63.0 Å². The summed E-state index contributed by atoms with van der Waals surface area (Å²) in [6.45, 7) is 2.86. The van der Waals surface area contributed by atoms with Crippen LogP contribution in [0.15, 0.2) is 35.2 Å². The topological polar surface area (TPSA) is 122 Å². The molecular weight excluding hydrogens is 507 g/mol. The second-order valence-electron chi connectivity index (χ2n) is 9.25. The Morgan fingerprint density at radius 3 is 2.44 bits per heavy atom. The van der Waals surface area contributed by atoms with Crippen molar-refractivity contribution in [3.05, 3.63) is 47.7 Å². The van der Waals surface area contributed by atoms with E-state index in [0.717, 1.165) is 56.1 Å². The average molecular weight is 537 g/mol. The third-order valence-corrected chi connectivity index (χ3v) is 9.38. The van der Waals surface area contributed by atoms with Gasteiger partial charge in [-0.05, 0) is 56.2 Å². The Kier molecular flexibility index (Phi) is 8.47. The SMILES string of the molecule is Cc1ccc(Nc2ncnc3c(C4CCN(S(=O)(=O)C5CCCCC5)CC4)coc23)c(F)c1.O=S=O. The summed E-state index contributed by atoms with van der Waals surface area (Å²) < 4.78 is 64.5. The number of halogens is 1. The van der Waals surface area contributed by atoms with Crippen LogP contribution in [0.25, 0.3) is 11.1 Å². The van der Waals surface area contributed by atoms with Gasteiger partial charge in [0.15, 0.2) is 11.4 Å². The first kappa shape index (κ1) is 26.4. The van der Waals surface area contributed by atoms with Crippen LogP contribution in [-0.2, 0) is 21.6 Å². The molecule has 194 valence electrons. The van der Waals surface area contributed by atoms with Gasteiger partial charge in [0.05, 0.1) is 17.2 Å². The molecule has 2 aliphatic rings. The first-order valence-electron chi connectivity index (χ1n) is 12.0. The minimum atomic E-state index is -3.23. The van der Waals surface area contributed by atoms with Crippen LogP contribution < -0.4 is 5.32 Å². The van der Waals surface area contributed by atoms with E-state index in [1.165, 1.54) is 12.4 Å². The Bertz CT molecular complexity index is 1340. The molecule has 36 heavy (non-hydrogen) atoms. The van der Waals surface area contributed by atoms with Crippen LogP contribution in [0.2, 0.25) is 0 Å². The van der Waals surface area contributed by atoms with Crippen molar-refractivity contribution in [2.24, 2.45) is 0 Å². The first-order valence-corrected chi connectivity index (χ1v) is 14.2. The van der Waals surface area contributed by atoms with Gasteiger partial charge in [0, 0.05) is 18.7 Å².